The Labute approximate surface area is 190 Å². The van der Waals surface area contributed by atoms with Gasteiger partial charge in [-0.3, -0.25) is 9.89 Å². The van der Waals surface area contributed by atoms with Crippen LogP contribution >= 0.6 is 11.3 Å². The molecule has 162 valence electrons. The van der Waals surface area contributed by atoms with Crippen molar-refractivity contribution in [2.24, 2.45) is 0 Å². The number of benzene rings is 2. The number of anilines is 1. The van der Waals surface area contributed by atoms with Crippen LogP contribution in [0.5, 0.6) is 11.5 Å². The van der Waals surface area contributed by atoms with Gasteiger partial charge in [0.15, 0.2) is 5.78 Å². The van der Waals surface area contributed by atoms with Gasteiger partial charge in [0.05, 0.1) is 14.2 Å². The van der Waals surface area contributed by atoms with E-state index in [9.17, 15) is 4.79 Å². The number of rotatable bonds is 9. The van der Waals surface area contributed by atoms with Crippen molar-refractivity contribution in [2.75, 3.05) is 19.5 Å². The number of methoxy groups -OCH3 is 2. The maximum Gasteiger partial charge on any atom is 0.185 e. The molecule has 0 aliphatic heterocycles. The van der Waals surface area contributed by atoms with Crippen molar-refractivity contribution >= 4 is 29.0 Å². The Kier molecular flexibility index (Phi) is 6.67. The largest absolute Gasteiger partial charge is 0.496 e. The second-order valence-electron chi connectivity index (χ2n) is 6.98. The molecule has 0 fully saturated rings. The lowest BCUT2D eigenvalue weighted by molar-refractivity contribution is 0.104. The molecular weight excluding hydrogens is 422 g/mol. The average Bonchev–Trinajstić information content (AvgIpc) is 3.55. The number of H-pyrrole nitrogens is 1. The molecule has 0 aliphatic rings. The van der Waals surface area contributed by atoms with Crippen LogP contribution in [0.15, 0.2) is 72.3 Å². The van der Waals surface area contributed by atoms with Crippen LogP contribution in [0.1, 0.15) is 21.5 Å². The molecule has 2 heterocycles. The first-order chi connectivity index (χ1) is 15.7. The van der Waals surface area contributed by atoms with Gasteiger partial charge in [0.2, 0.25) is 0 Å². The van der Waals surface area contributed by atoms with E-state index in [4.69, 9.17) is 9.47 Å². The van der Waals surface area contributed by atoms with Gasteiger partial charge >= 0.3 is 0 Å². The summed E-state index contributed by atoms with van der Waals surface area (Å²) in [4.78, 5) is 13.8. The smallest absolute Gasteiger partial charge is 0.185 e. The summed E-state index contributed by atoms with van der Waals surface area (Å²) in [6, 6.07) is 17.3. The number of allylic oxidation sites excluding steroid dienone is 1. The Morgan fingerprint density at radius 1 is 1.09 bits per heavy atom. The third-order valence-corrected chi connectivity index (χ3v) is 5.87. The van der Waals surface area contributed by atoms with E-state index in [1.54, 1.807) is 43.9 Å². The van der Waals surface area contributed by atoms with Crippen molar-refractivity contribution in [3.63, 3.8) is 0 Å². The number of aromatic amines is 1. The van der Waals surface area contributed by atoms with Crippen LogP contribution in [-0.2, 0) is 6.54 Å². The number of carbonyl (C=O) groups is 1. The minimum atomic E-state index is -0.0765. The molecular formula is C25H23N3O3S. The topological polar surface area (TPSA) is 76.2 Å². The molecule has 0 atom stereocenters. The minimum absolute atomic E-state index is 0.0765. The van der Waals surface area contributed by atoms with Crippen LogP contribution in [-0.4, -0.2) is 30.2 Å². The molecule has 2 N–H and O–H groups in total. The molecule has 0 amide bonds. The highest BCUT2D eigenvalue weighted by atomic mass is 32.1. The number of aromatic nitrogens is 2. The Hall–Kier alpha value is -3.84. The van der Waals surface area contributed by atoms with Gasteiger partial charge in [-0.1, -0.05) is 30.3 Å². The van der Waals surface area contributed by atoms with Crippen LogP contribution in [0.4, 0.5) is 5.82 Å². The Morgan fingerprint density at radius 3 is 2.56 bits per heavy atom. The van der Waals surface area contributed by atoms with Gasteiger partial charge in [-0.15, -0.1) is 11.3 Å². The lowest BCUT2D eigenvalue weighted by Gasteiger charge is -2.12. The standard InChI is InChI=1S/C25H23N3O3S/c1-30-22-15-23(31-2)20(24-4-3-13-32-24)14-19(22)9-10-21(29)18-7-5-17(6-8-18)16-26-25-11-12-27-28-25/h3-15H,16H2,1-2H3,(H2,26,27,28)/b10-9+. The molecule has 0 bridgehead atoms. The van der Waals surface area contributed by atoms with Gasteiger partial charge in [-0.25, -0.2) is 0 Å². The second kappa shape index (κ2) is 9.98. The summed E-state index contributed by atoms with van der Waals surface area (Å²) in [5.41, 5.74) is 3.45. The third kappa shape index (κ3) is 4.90. The first-order valence-corrected chi connectivity index (χ1v) is 10.9. The predicted octanol–water partition coefficient (Wildman–Crippen LogP) is 5.66. The van der Waals surface area contributed by atoms with Gasteiger partial charge in [0.25, 0.3) is 0 Å². The molecule has 4 aromatic rings. The fourth-order valence-electron chi connectivity index (χ4n) is 3.28. The number of nitrogens with one attached hydrogen (secondary N) is 2. The summed E-state index contributed by atoms with van der Waals surface area (Å²) in [7, 11) is 3.24. The molecule has 0 unspecified atom stereocenters. The molecule has 2 aromatic heterocycles. The number of thiophene rings is 1. The monoisotopic (exact) mass is 445 g/mol. The van der Waals surface area contributed by atoms with E-state index in [1.807, 2.05) is 60.0 Å². The first kappa shape index (κ1) is 21.4. The lowest BCUT2D eigenvalue weighted by Crippen LogP contribution is -2.01. The van der Waals surface area contributed by atoms with Crippen LogP contribution in [0.2, 0.25) is 0 Å². The number of hydrogen-bond donors (Lipinski definition) is 2. The van der Waals surface area contributed by atoms with E-state index < -0.39 is 0 Å². The van der Waals surface area contributed by atoms with Gasteiger partial charge < -0.3 is 14.8 Å². The van der Waals surface area contributed by atoms with E-state index in [2.05, 4.69) is 15.5 Å². The predicted molar refractivity (Wildman–Crippen MR) is 129 cm³/mol. The van der Waals surface area contributed by atoms with E-state index in [0.29, 0.717) is 17.9 Å². The zero-order valence-corrected chi connectivity index (χ0v) is 18.6. The van der Waals surface area contributed by atoms with Crippen LogP contribution in [0, 0.1) is 0 Å². The fraction of sp³-hybridized carbons (Fsp3) is 0.120. The normalized spacial score (nSPS) is 10.9. The number of nitrogens with zero attached hydrogens (tertiary/aromatic N) is 1. The number of carbonyl (C=O) groups excluding carboxylic acids is 1. The van der Waals surface area contributed by atoms with E-state index in [0.717, 1.165) is 33.1 Å². The maximum absolute atomic E-state index is 12.7. The highest BCUT2D eigenvalue weighted by Gasteiger charge is 2.13. The Morgan fingerprint density at radius 2 is 1.91 bits per heavy atom. The Balaban J connectivity index is 1.50. The van der Waals surface area contributed by atoms with Crippen LogP contribution in [0.3, 0.4) is 0 Å². The SMILES string of the molecule is COc1cc(OC)c(-c2cccs2)cc1/C=C/C(=O)c1ccc(CNc2cc[nH]n2)cc1. The highest BCUT2D eigenvalue weighted by Crippen LogP contribution is 2.38. The molecule has 2 aromatic carbocycles. The molecule has 6 nitrogen and oxygen atoms in total. The first-order valence-electron chi connectivity index (χ1n) is 10.0. The third-order valence-electron chi connectivity index (χ3n) is 4.97. The molecule has 0 saturated heterocycles. The molecule has 0 aliphatic carbocycles. The quantitative estimate of drug-likeness (QED) is 0.257. The molecule has 32 heavy (non-hydrogen) atoms. The van der Waals surface area contributed by atoms with Crippen molar-refractivity contribution < 1.29 is 14.3 Å². The van der Waals surface area contributed by atoms with Crippen molar-refractivity contribution in [1.82, 2.24) is 10.2 Å². The molecule has 0 saturated carbocycles. The molecule has 4 rings (SSSR count). The van der Waals surface area contributed by atoms with Gasteiger partial charge in [-0.05, 0) is 41.3 Å². The van der Waals surface area contributed by atoms with Crippen molar-refractivity contribution in [3.8, 4) is 21.9 Å². The van der Waals surface area contributed by atoms with Crippen molar-refractivity contribution in [2.45, 2.75) is 6.54 Å². The fourth-order valence-corrected chi connectivity index (χ4v) is 4.03. The maximum atomic E-state index is 12.7. The van der Waals surface area contributed by atoms with E-state index >= 15 is 0 Å². The lowest BCUT2D eigenvalue weighted by atomic mass is 10.0. The zero-order valence-electron chi connectivity index (χ0n) is 17.8. The molecule has 0 radical (unpaired) electrons. The average molecular weight is 446 g/mol. The molecule has 0 spiro atoms. The molecule has 7 heteroatoms. The van der Waals surface area contributed by atoms with Gasteiger partial charge in [0, 0.05) is 40.4 Å². The summed E-state index contributed by atoms with van der Waals surface area (Å²) in [6.07, 6.45) is 5.11. The number of ether oxygens (including phenoxy) is 2. The summed E-state index contributed by atoms with van der Waals surface area (Å²) < 4.78 is 11.1. The van der Waals surface area contributed by atoms with E-state index in [1.165, 1.54) is 0 Å². The van der Waals surface area contributed by atoms with Crippen LogP contribution in [0.25, 0.3) is 16.5 Å². The summed E-state index contributed by atoms with van der Waals surface area (Å²) in [6.45, 7) is 0.629. The second-order valence-corrected chi connectivity index (χ2v) is 7.93. The number of ketones is 1. The van der Waals surface area contributed by atoms with Crippen molar-refractivity contribution in [1.29, 1.82) is 0 Å². The highest BCUT2D eigenvalue weighted by molar-refractivity contribution is 7.13. The summed E-state index contributed by atoms with van der Waals surface area (Å²) >= 11 is 1.63. The Bertz CT molecular complexity index is 1200. The van der Waals surface area contributed by atoms with Gasteiger partial charge in [-0.2, -0.15) is 5.10 Å². The summed E-state index contributed by atoms with van der Waals surface area (Å²) in [5, 5.41) is 12.1. The van der Waals surface area contributed by atoms with Gasteiger partial charge in [0.1, 0.15) is 17.3 Å². The van der Waals surface area contributed by atoms with E-state index in [-0.39, 0.29) is 5.78 Å². The van der Waals surface area contributed by atoms with Crippen molar-refractivity contribution in [3.05, 3.63) is 88.9 Å². The number of hydrogen-bond acceptors (Lipinski definition) is 6. The summed E-state index contributed by atoms with van der Waals surface area (Å²) in [5.74, 6) is 2.08. The zero-order chi connectivity index (χ0) is 22.3. The van der Waals surface area contributed by atoms with Crippen LogP contribution < -0.4 is 14.8 Å². The minimum Gasteiger partial charge on any atom is -0.496 e.